The van der Waals surface area contributed by atoms with Gasteiger partial charge < -0.3 is 9.80 Å². The minimum Gasteiger partial charge on any atom is -0.341 e. The fraction of sp³-hybridized carbons (Fsp3) is 0.389. The van der Waals surface area contributed by atoms with E-state index in [1.165, 1.54) is 6.08 Å². The van der Waals surface area contributed by atoms with Gasteiger partial charge in [0.25, 0.3) is 0 Å². The number of likely N-dealkylation sites (N-methyl/N-ethyl adjacent to an activating group) is 1. The SMILES string of the molecule is CCN(CC)C(=O)C1CSCN1C(=O)C=Cc1ccccc1C#N. The average molecular weight is 343 g/mol. The molecule has 1 unspecified atom stereocenters. The van der Waals surface area contributed by atoms with E-state index in [0.29, 0.717) is 35.8 Å². The van der Waals surface area contributed by atoms with Gasteiger partial charge in [-0.2, -0.15) is 5.26 Å². The normalized spacial score (nSPS) is 17.0. The molecule has 2 amide bonds. The fourth-order valence-electron chi connectivity index (χ4n) is 2.61. The van der Waals surface area contributed by atoms with E-state index in [-0.39, 0.29) is 11.8 Å². The van der Waals surface area contributed by atoms with E-state index in [2.05, 4.69) is 6.07 Å². The maximum absolute atomic E-state index is 12.5. The van der Waals surface area contributed by atoms with Crippen molar-refractivity contribution in [2.45, 2.75) is 19.9 Å². The quantitative estimate of drug-likeness (QED) is 0.770. The molecule has 1 saturated heterocycles. The van der Waals surface area contributed by atoms with Crippen molar-refractivity contribution in [1.82, 2.24) is 9.80 Å². The zero-order valence-electron chi connectivity index (χ0n) is 13.9. The highest BCUT2D eigenvalue weighted by Crippen LogP contribution is 2.23. The number of benzene rings is 1. The van der Waals surface area contributed by atoms with Gasteiger partial charge in [-0.1, -0.05) is 18.2 Å². The fourth-order valence-corrected chi connectivity index (χ4v) is 3.77. The van der Waals surface area contributed by atoms with Crippen LogP contribution < -0.4 is 0 Å². The number of thioether (sulfide) groups is 1. The van der Waals surface area contributed by atoms with Gasteiger partial charge in [-0.15, -0.1) is 11.8 Å². The highest BCUT2D eigenvalue weighted by Gasteiger charge is 2.35. The zero-order valence-corrected chi connectivity index (χ0v) is 14.8. The van der Waals surface area contributed by atoms with Gasteiger partial charge in [0, 0.05) is 24.9 Å². The predicted octanol–water partition coefficient (Wildman–Crippen LogP) is 2.34. The predicted molar refractivity (Wildman–Crippen MR) is 96.1 cm³/mol. The van der Waals surface area contributed by atoms with Crippen molar-refractivity contribution < 1.29 is 9.59 Å². The maximum atomic E-state index is 12.5. The molecule has 0 bridgehead atoms. The third-order valence-corrected chi connectivity index (χ3v) is 5.02. The first kappa shape index (κ1) is 18.1. The molecule has 1 aliphatic heterocycles. The molecule has 126 valence electrons. The molecule has 1 atom stereocenters. The van der Waals surface area contributed by atoms with Crippen LogP contribution in [0, 0.1) is 11.3 Å². The Kier molecular flexibility index (Phi) is 6.44. The largest absolute Gasteiger partial charge is 0.341 e. The summed E-state index contributed by atoms with van der Waals surface area (Å²) in [5.74, 6) is 0.951. The lowest BCUT2D eigenvalue weighted by molar-refractivity contribution is -0.140. The number of carbonyl (C=O) groups is 2. The molecule has 0 aliphatic carbocycles. The Morgan fingerprint density at radius 1 is 1.38 bits per heavy atom. The van der Waals surface area contributed by atoms with Crippen LogP contribution in [0.4, 0.5) is 0 Å². The molecule has 1 aliphatic rings. The first-order chi connectivity index (χ1) is 11.6. The first-order valence-corrected chi connectivity index (χ1v) is 9.12. The molecule has 0 radical (unpaired) electrons. The van der Waals surface area contributed by atoms with Crippen molar-refractivity contribution in [1.29, 1.82) is 5.26 Å². The van der Waals surface area contributed by atoms with Gasteiger partial charge in [0.15, 0.2) is 0 Å². The molecule has 5 nitrogen and oxygen atoms in total. The topological polar surface area (TPSA) is 64.4 Å². The van der Waals surface area contributed by atoms with E-state index in [0.717, 1.165) is 0 Å². The van der Waals surface area contributed by atoms with E-state index in [9.17, 15) is 9.59 Å². The van der Waals surface area contributed by atoms with E-state index < -0.39 is 6.04 Å². The molecule has 24 heavy (non-hydrogen) atoms. The van der Waals surface area contributed by atoms with Crippen LogP contribution in [-0.4, -0.2) is 52.4 Å². The first-order valence-electron chi connectivity index (χ1n) is 7.96. The summed E-state index contributed by atoms with van der Waals surface area (Å²) in [6, 6.07) is 8.81. The second kappa shape index (κ2) is 8.55. The lowest BCUT2D eigenvalue weighted by Crippen LogP contribution is -2.48. The summed E-state index contributed by atoms with van der Waals surface area (Å²) in [7, 11) is 0. The van der Waals surface area contributed by atoms with E-state index in [1.807, 2.05) is 19.9 Å². The molecule has 1 aromatic carbocycles. The molecule has 0 N–H and O–H groups in total. The lowest BCUT2D eigenvalue weighted by atomic mass is 10.1. The van der Waals surface area contributed by atoms with Crippen molar-refractivity contribution in [3.8, 4) is 6.07 Å². The summed E-state index contributed by atoms with van der Waals surface area (Å²) < 4.78 is 0. The zero-order chi connectivity index (χ0) is 17.5. The van der Waals surface area contributed by atoms with Crippen LogP contribution in [-0.2, 0) is 9.59 Å². The van der Waals surface area contributed by atoms with Crippen LogP contribution in [0.5, 0.6) is 0 Å². The van der Waals surface area contributed by atoms with Crippen LogP contribution >= 0.6 is 11.8 Å². The van der Waals surface area contributed by atoms with Gasteiger partial charge in [-0.05, 0) is 31.6 Å². The highest BCUT2D eigenvalue weighted by atomic mass is 32.2. The molecule has 1 heterocycles. The molecule has 1 fully saturated rings. The lowest BCUT2D eigenvalue weighted by Gasteiger charge is -2.27. The minimum absolute atomic E-state index is 0.00387. The summed E-state index contributed by atoms with van der Waals surface area (Å²) in [5.41, 5.74) is 1.22. The molecule has 6 heteroatoms. The molecule has 2 rings (SSSR count). The second-order valence-corrected chi connectivity index (χ2v) is 6.37. The van der Waals surface area contributed by atoms with E-state index in [4.69, 9.17) is 5.26 Å². The molecule has 1 aromatic rings. The number of nitriles is 1. The number of carbonyl (C=O) groups excluding carboxylic acids is 2. The van der Waals surface area contributed by atoms with Crippen molar-refractivity contribution in [3.05, 3.63) is 41.5 Å². The molecular formula is C18H21N3O2S. The Morgan fingerprint density at radius 2 is 2.08 bits per heavy atom. The summed E-state index contributed by atoms with van der Waals surface area (Å²) in [5, 5.41) is 9.09. The monoisotopic (exact) mass is 343 g/mol. The Labute approximate surface area is 146 Å². The van der Waals surface area contributed by atoms with Crippen LogP contribution in [0.25, 0.3) is 6.08 Å². The van der Waals surface area contributed by atoms with E-state index >= 15 is 0 Å². The van der Waals surface area contributed by atoms with Gasteiger partial charge in [-0.3, -0.25) is 9.59 Å². The number of hydrogen-bond donors (Lipinski definition) is 0. The molecule has 0 aromatic heterocycles. The van der Waals surface area contributed by atoms with Gasteiger partial charge in [0.2, 0.25) is 11.8 Å². The number of rotatable bonds is 5. The summed E-state index contributed by atoms with van der Waals surface area (Å²) >= 11 is 1.59. The molecule has 0 spiro atoms. The standard InChI is InChI=1S/C18H21N3O2S/c1-3-20(4-2)18(23)16-12-24-13-21(16)17(22)10-9-14-7-5-6-8-15(14)11-19/h5-10,16H,3-4,12-13H2,1-2H3. The van der Waals surface area contributed by atoms with Gasteiger partial charge >= 0.3 is 0 Å². The molecule has 0 saturated carbocycles. The number of amides is 2. The Hall–Kier alpha value is -2.26. The Morgan fingerprint density at radius 3 is 2.75 bits per heavy atom. The van der Waals surface area contributed by atoms with Crippen molar-refractivity contribution >= 4 is 29.7 Å². The number of nitrogens with zero attached hydrogens (tertiary/aromatic N) is 3. The van der Waals surface area contributed by atoms with Crippen LogP contribution in [0.3, 0.4) is 0 Å². The number of hydrogen-bond acceptors (Lipinski definition) is 4. The molecular weight excluding hydrogens is 322 g/mol. The van der Waals surface area contributed by atoms with Crippen molar-refractivity contribution in [2.24, 2.45) is 0 Å². The summed E-state index contributed by atoms with van der Waals surface area (Å²) in [4.78, 5) is 28.4. The van der Waals surface area contributed by atoms with Gasteiger partial charge in [0.1, 0.15) is 6.04 Å². The van der Waals surface area contributed by atoms with Crippen LogP contribution in [0.15, 0.2) is 30.3 Å². The Balaban J connectivity index is 2.12. The summed E-state index contributed by atoms with van der Waals surface area (Å²) in [6.07, 6.45) is 3.09. The van der Waals surface area contributed by atoms with Crippen LogP contribution in [0.2, 0.25) is 0 Å². The minimum atomic E-state index is -0.404. The van der Waals surface area contributed by atoms with Crippen molar-refractivity contribution in [3.63, 3.8) is 0 Å². The van der Waals surface area contributed by atoms with Gasteiger partial charge in [-0.25, -0.2) is 0 Å². The maximum Gasteiger partial charge on any atom is 0.247 e. The van der Waals surface area contributed by atoms with Crippen molar-refractivity contribution in [2.75, 3.05) is 24.7 Å². The van der Waals surface area contributed by atoms with Crippen LogP contribution in [0.1, 0.15) is 25.0 Å². The second-order valence-electron chi connectivity index (χ2n) is 5.37. The van der Waals surface area contributed by atoms with E-state index in [1.54, 1.807) is 45.8 Å². The summed E-state index contributed by atoms with van der Waals surface area (Å²) in [6.45, 7) is 5.16. The third-order valence-electron chi connectivity index (χ3n) is 4.01. The average Bonchev–Trinajstić information content (AvgIpc) is 3.10. The third kappa shape index (κ3) is 3.98. The Bertz CT molecular complexity index is 677. The van der Waals surface area contributed by atoms with Gasteiger partial charge in [0.05, 0.1) is 17.5 Å². The smallest absolute Gasteiger partial charge is 0.247 e. The highest BCUT2D eigenvalue weighted by molar-refractivity contribution is 7.99.